The lowest BCUT2D eigenvalue weighted by molar-refractivity contribution is 0.0478. The molecule has 1 aromatic rings. The molecule has 7 rings (SSSR count). The number of allylic oxidation sites excluding steroid dienone is 6. The average molecular weight is 269 g/mol. The van der Waals surface area contributed by atoms with Gasteiger partial charge in [-0.1, -0.05) is 36.5 Å². The molecule has 0 spiro atoms. The summed E-state index contributed by atoms with van der Waals surface area (Å²) < 4.78 is 4.58. The molecule has 0 amide bonds. The van der Waals surface area contributed by atoms with Gasteiger partial charge in [0.15, 0.2) is 0 Å². The van der Waals surface area contributed by atoms with Crippen LogP contribution in [-0.2, 0) is 7.05 Å². The largest absolute Gasteiger partial charge is 0.347 e. The van der Waals surface area contributed by atoms with Crippen LogP contribution in [0.5, 0.6) is 0 Å². The van der Waals surface area contributed by atoms with Crippen LogP contribution in [0.15, 0.2) is 46.0 Å². The van der Waals surface area contributed by atoms with E-state index < -0.39 is 0 Å². The number of hydrogen-bond acceptors (Lipinski definition) is 2. The Bertz CT molecular complexity index is 742. The maximum absolute atomic E-state index is 12.3. The summed E-state index contributed by atoms with van der Waals surface area (Å²) in [7, 11) is 1.57. The molecule has 20 heavy (non-hydrogen) atoms. The topological polar surface area (TPSA) is 48.9 Å². The van der Waals surface area contributed by atoms with Gasteiger partial charge in [-0.25, -0.2) is 23.5 Å². The maximum Gasteiger partial charge on any atom is 0.347 e. The van der Waals surface area contributed by atoms with Gasteiger partial charge in [0.2, 0.25) is 0 Å². The first kappa shape index (κ1) is 10.7. The molecule has 3 heterocycles. The molecule has 2 aliphatic heterocycles. The fraction of sp³-hybridized carbons (Fsp3) is 0.467. The molecule has 0 saturated heterocycles. The zero-order valence-electron chi connectivity index (χ0n) is 11.1. The lowest BCUT2D eigenvalue weighted by Gasteiger charge is -2.53. The van der Waals surface area contributed by atoms with Crippen LogP contribution < -0.4 is 11.4 Å². The average Bonchev–Trinajstić information content (AvgIpc) is 2.75. The zero-order valence-corrected chi connectivity index (χ0v) is 11.1. The van der Waals surface area contributed by atoms with Gasteiger partial charge in [0.05, 0.1) is 12.1 Å². The predicted molar refractivity (Wildman–Crippen MR) is 73.4 cm³/mol. The van der Waals surface area contributed by atoms with E-state index in [0.29, 0.717) is 23.7 Å². The Morgan fingerprint density at radius 3 is 1.55 bits per heavy atom. The third-order valence-corrected chi connectivity index (χ3v) is 5.50. The van der Waals surface area contributed by atoms with Gasteiger partial charge in [-0.3, -0.25) is 0 Å². The zero-order chi connectivity index (χ0) is 13.6. The number of hydrogen-bond donors (Lipinski definition) is 0. The van der Waals surface area contributed by atoms with Gasteiger partial charge >= 0.3 is 11.4 Å². The van der Waals surface area contributed by atoms with Crippen molar-refractivity contribution >= 4 is 0 Å². The first-order valence-electron chi connectivity index (χ1n) is 7.13. The van der Waals surface area contributed by atoms with E-state index in [2.05, 4.69) is 36.5 Å². The van der Waals surface area contributed by atoms with Gasteiger partial charge in [-0.05, 0) is 0 Å². The summed E-state index contributed by atoms with van der Waals surface area (Å²) in [5.41, 5.74) is -0.385. The fourth-order valence-electron chi connectivity index (χ4n) is 4.67. The van der Waals surface area contributed by atoms with E-state index in [1.165, 1.54) is 4.57 Å². The third kappa shape index (κ3) is 0.961. The summed E-state index contributed by atoms with van der Waals surface area (Å²) in [6.07, 6.45) is 13.3. The molecular formula is C15H15N3O2. The highest BCUT2D eigenvalue weighted by molar-refractivity contribution is 5.30. The van der Waals surface area contributed by atoms with E-state index in [9.17, 15) is 9.59 Å². The SMILES string of the molecule is Cn1c(=O)n2n(c1=O)[C@H]1C=C[C@H]2[C@@H]2C3C=CC(C=C3)[C@H]21. The van der Waals surface area contributed by atoms with Gasteiger partial charge in [0.1, 0.15) is 0 Å². The predicted octanol–water partition coefficient (Wildman–Crippen LogP) is 0.618. The van der Waals surface area contributed by atoms with E-state index in [1.54, 1.807) is 16.4 Å². The summed E-state index contributed by atoms with van der Waals surface area (Å²) in [6.45, 7) is 0. The monoisotopic (exact) mass is 269 g/mol. The maximum atomic E-state index is 12.3. The molecule has 4 atom stereocenters. The Labute approximate surface area is 115 Å². The molecule has 5 heteroatoms. The molecule has 0 radical (unpaired) electrons. The lowest BCUT2D eigenvalue weighted by Crippen LogP contribution is -2.54. The van der Waals surface area contributed by atoms with Crippen molar-refractivity contribution in [3.63, 3.8) is 0 Å². The Morgan fingerprint density at radius 1 is 0.750 bits per heavy atom. The van der Waals surface area contributed by atoms with Gasteiger partial charge in [-0.15, -0.1) is 0 Å². The molecule has 6 aliphatic rings. The molecule has 4 aliphatic carbocycles. The van der Waals surface area contributed by atoms with Crippen LogP contribution in [0, 0.1) is 23.7 Å². The lowest BCUT2D eigenvalue weighted by atomic mass is 9.58. The van der Waals surface area contributed by atoms with Crippen molar-refractivity contribution in [1.82, 2.24) is 13.9 Å². The van der Waals surface area contributed by atoms with E-state index in [-0.39, 0.29) is 23.5 Å². The second-order valence-electron chi connectivity index (χ2n) is 6.26. The first-order chi connectivity index (χ1) is 9.68. The Hall–Kier alpha value is -2.04. The Balaban J connectivity index is 1.83. The summed E-state index contributed by atoms with van der Waals surface area (Å²) in [6, 6.07) is 0.0163. The minimum Gasteiger partial charge on any atom is -0.246 e. The van der Waals surface area contributed by atoms with Gasteiger partial charge < -0.3 is 0 Å². The van der Waals surface area contributed by atoms with E-state index >= 15 is 0 Å². The van der Waals surface area contributed by atoms with Crippen LogP contribution in [-0.4, -0.2) is 13.9 Å². The minimum absolute atomic E-state index is 0.00815. The summed E-state index contributed by atoms with van der Waals surface area (Å²) in [4.78, 5) is 24.7. The van der Waals surface area contributed by atoms with Crippen LogP contribution in [0.3, 0.4) is 0 Å². The van der Waals surface area contributed by atoms with Crippen LogP contribution in [0.25, 0.3) is 0 Å². The summed E-state index contributed by atoms with van der Waals surface area (Å²) >= 11 is 0. The highest BCUT2D eigenvalue weighted by Crippen LogP contribution is 2.55. The normalized spacial score (nSPS) is 42.0. The van der Waals surface area contributed by atoms with Gasteiger partial charge in [0.25, 0.3) is 0 Å². The molecule has 1 aromatic heterocycles. The van der Waals surface area contributed by atoms with E-state index in [0.717, 1.165) is 0 Å². The van der Waals surface area contributed by atoms with Gasteiger partial charge in [-0.2, -0.15) is 0 Å². The van der Waals surface area contributed by atoms with Crippen molar-refractivity contribution in [3.8, 4) is 0 Å². The standard InChI is InChI=1S/C15H15N3O2/c1-16-14(19)17-10-6-7-11(18(17)15(16)20)13-9-3-2-8(4-5-9)12(10)13/h2-13H,1H3/t8?,9?,10-,11-,12-,13-/m0/s1. The van der Waals surface area contributed by atoms with Crippen LogP contribution in [0.4, 0.5) is 0 Å². The number of nitrogens with zero attached hydrogens (tertiary/aromatic N) is 3. The molecule has 102 valence electrons. The fourth-order valence-corrected chi connectivity index (χ4v) is 4.67. The van der Waals surface area contributed by atoms with E-state index in [4.69, 9.17) is 0 Å². The second kappa shape index (κ2) is 3.16. The molecule has 4 bridgehead atoms. The molecular weight excluding hydrogens is 254 g/mol. The Kier molecular flexibility index (Phi) is 1.69. The second-order valence-corrected chi connectivity index (χ2v) is 6.26. The molecule has 0 saturated carbocycles. The third-order valence-electron chi connectivity index (χ3n) is 5.50. The molecule has 0 N–H and O–H groups in total. The van der Waals surface area contributed by atoms with E-state index in [1.807, 2.05) is 0 Å². The summed E-state index contributed by atoms with van der Waals surface area (Å²) in [5.74, 6) is 1.59. The van der Waals surface area contributed by atoms with Gasteiger partial charge in [0, 0.05) is 30.7 Å². The Morgan fingerprint density at radius 2 is 1.15 bits per heavy atom. The summed E-state index contributed by atoms with van der Waals surface area (Å²) in [5, 5.41) is 0. The smallest absolute Gasteiger partial charge is 0.246 e. The minimum atomic E-state index is -0.192. The highest BCUT2D eigenvalue weighted by Gasteiger charge is 2.53. The molecule has 0 fully saturated rings. The molecule has 0 unspecified atom stereocenters. The first-order valence-corrected chi connectivity index (χ1v) is 7.13. The van der Waals surface area contributed by atoms with Crippen LogP contribution >= 0.6 is 0 Å². The quantitative estimate of drug-likeness (QED) is 0.648. The number of rotatable bonds is 0. The van der Waals surface area contributed by atoms with Crippen molar-refractivity contribution in [3.05, 3.63) is 57.4 Å². The van der Waals surface area contributed by atoms with Crippen molar-refractivity contribution < 1.29 is 0 Å². The van der Waals surface area contributed by atoms with Crippen molar-refractivity contribution in [2.24, 2.45) is 30.7 Å². The van der Waals surface area contributed by atoms with Crippen molar-refractivity contribution in [2.75, 3.05) is 0 Å². The highest BCUT2D eigenvalue weighted by atomic mass is 16.2. The van der Waals surface area contributed by atoms with Crippen molar-refractivity contribution in [1.29, 1.82) is 0 Å². The number of aromatic nitrogens is 3. The van der Waals surface area contributed by atoms with Crippen LogP contribution in [0.1, 0.15) is 12.1 Å². The van der Waals surface area contributed by atoms with Crippen LogP contribution in [0.2, 0.25) is 0 Å². The van der Waals surface area contributed by atoms with Crippen molar-refractivity contribution in [2.45, 2.75) is 12.1 Å². The molecule has 5 nitrogen and oxygen atoms in total. The molecule has 0 aromatic carbocycles.